The molecule has 0 aliphatic carbocycles. The molecule has 2 atom stereocenters. The van der Waals surface area contributed by atoms with Gasteiger partial charge in [-0.05, 0) is 12.8 Å². The molecule has 0 spiro atoms. The summed E-state index contributed by atoms with van der Waals surface area (Å²) in [5.74, 6) is 0. The minimum atomic E-state index is -0.568. The van der Waals surface area contributed by atoms with E-state index in [0.29, 0.717) is 6.42 Å². The molecule has 0 N–H and O–H groups in total. The molecule has 0 rings (SSSR count). The van der Waals surface area contributed by atoms with Crippen molar-refractivity contribution >= 4 is 11.6 Å². The highest BCUT2D eigenvalue weighted by Gasteiger charge is 2.12. The predicted molar refractivity (Wildman–Crippen MR) is 34.7 cm³/mol. The number of hydrogen-bond acceptors (Lipinski definition) is 0. The van der Waals surface area contributed by atoms with Crippen LogP contribution in [0.5, 0.6) is 0 Å². The maximum absolute atomic E-state index is 10.7. The molecule has 0 fully saturated rings. The van der Waals surface area contributed by atoms with Crippen LogP contribution in [0.15, 0.2) is 0 Å². The number of hydrogen-bond donors (Lipinski definition) is 0. The van der Waals surface area contributed by atoms with Crippen molar-refractivity contribution in [2.45, 2.75) is 38.2 Å². The van der Waals surface area contributed by atoms with E-state index in [2.05, 4.69) is 0 Å². The Labute approximate surface area is 55.7 Å². The Bertz CT molecular complexity index is 48.5. The molecule has 0 amide bonds. The van der Waals surface area contributed by atoms with Crippen molar-refractivity contribution in [2.24, 2.45) is 0 Å². The van der Waals surface area contributed by atoms with E-state index >= 15 is 0 Å². The number of rotatable bonds is 3. The Balaban J connectivity index is 3.29. The van der Waals surface area contributed by atoms with E-state index in [1.807, 2.05) is 13.8 Å². The van der Waals surface area contributed by atoms with E-state index in [4.69, 9.17) is 11.6 Å². The van der Waals surface area contributed by atoms with Crippen molar-refractivity contribution in [3.05, 3.63) is 0 Å². The number of halogens is 1. The molecule has 2 unspecified atom stereocenters. The first-order valence-electron chi connectivity index (χ1n) is 3.02. The van der Waals surface area contributed by atoms with Crippen LogP contribution in [0.1, 0.15) is 26.7 Å². The lowest BCUT2D eigenvalue weighted by Crippen LogP contribution is -2.16. The molecule has 0 aromatic carbocycles. The van der Waals surface area contributed by atoms with E-state index in [1.165, 1.54) is 0 Å². The average Bonchev–Trinajstić information content (AvgIpc) is 1.84. The van der Waals surface area contributed by atoms with Crippen LogP contribution in [0, 0.1) is 0 Å². The van der Waals surface area contributed by atoms with E-state index in [9.17, 15) is 5.11 Å². The van der Waals surface area contributed by atoms with Gasteiger partial charge in [-0.15, -0.1) is 11.6 Å². The van der Waals surface area contributed by atoms with Crippen molar-refractivity contribution < 1.29 is 5.11 Å². The molecule has 0 saturated carbocycles. The zero-order valence-electron chi connectivity index (χ0n) is 5.36. The maximum Gasteiger partial charge on any atom is 0.109 e. The summed E-state index contributed by atoms with van der Waals surface area (Å²) in [5.41, 5.74) is 0. The molecule has 8 heavy (non-hydrogen) atoms. The van der Waals surface area contributed by atoms with Crippen LogP contribution in [0.3, 0.4) is 0 Å². The Morgan fingerprint density at radius 2 is 1.88 bits per heavy atom. The molecule has 0 bridgehead atoms. The highest BCUT2D eigenvalue weighted by Crippen LogP contribution is 2.09. The summed E-state index contributed by atoms with van der Waals surface area (Å²) in [4.78, 5) is 0. The van der Waals surface area contributed by atoms with Crippen molar-refractivity contribution in [2.75, 3.05) is 0 Å². The van der Waals surface area contributed by atoms with Crippen molar-refractivity contribution in [1.82, 2.24) is 0 Å². The predicted octanol–water partition coefficient (Wildman–Crippen LogP) is 2.21. The van der Waals surface area contributed by atoms with Gasteiger partial charge in [-0.1, -0.05) is 13.8 Å². The SMILES string of the molecule is CCC([O])C(Cl)CC. The molecular formula is C6H12ClO. The summed E-state index contributed by atoms with van der Waals surface area (Å²) in [6, 6.07) is 0. The van der Waals surface area contributed by atoms with Gasteiger partial charge in [0.15, 0.2) is 0 Å². The van der Waals surface area contributed by atoms with Crippen molar-refractivity contribution in [3.8, 4) is 0 Å². The molecule has 0 aromatic rings. The normalized spacial score (nSPS) is 18.0. The van der Waals surface area contributed by atoms with Crippen molar-refractivity contribution in [3.63, 3.8) is 0 Å². The molecule has 49 valence electrons. The summed E-state index contributed by atoms with van der Waals surface area (Å²) >= 11 is 5.60. The largest absolute Gasteiger partial charge is 0.232 e. The molecule has 0 aliphatic heterocycles. The average molecular weight is 136 g/mol. The van der Waals surface area contributed by atoms with Crippen LogP contribution in [0.4, 0.5) is 0 Å². The second kappa shape index (κ2) is 4.16. The lowest BCUT2D eigenvalue weighted by atomic mass is 10.1. The fourth-order valence-electron chi connectivity index (χ4n) is 0.519. The zero-order chi connectivity index (χ0) is 6.57. The monoisotopic (exact) mass is 135 g/mol. The minimum Gasteiger partial charge on any atom is -0.232 e. The summed E-state index contributed by atoms with van der Waals surface area (Å²) in [7, 11) is 0. The maximum atomic E-state index is 10.7. The lowest BCUT2D eigenvalue weighted by Gasteiger charge is -2.08. The quantitative estimate of drug-likeness (QED) is 0.529. The third-order valence-corrected chi connectivity index (χ3v) is 1.79. The van der Waals surface area contributed by atoms with Gasteiger partial charge >= 0.3 is 0 Å². The summed E-state index contributed by atoms with van der Waals surface area (Å²) in [6.07, 6.45) is 0.854. The van der Waals surface area contributed by atoms with Crippen LogP contribution in [-0.4, -0.2) is 11.5 Å². The van der Waals surface area contributed by atoms with Gasteiger partial charge in [0.1, 0.15) is 6.10 Å². The molecular weight excluding hydrogens is 124 g/mol. The molecule has 1 radical (unpaired) electrons. The number of alkyl halides is 1. The molecule has 0 heterocycles. The van der Waals surface area contributed by atoms with Crippen LogP contribution < -0.4 is 0 Å². The topological polar surface area (TPSA) is 19.9 Å². The van der Waals surface area contributed by atoms with Gasteiger partial charge in [-0.3, -0.25) is 0 Å². The van der Waals surface area contributed by atoms with Gasteiger partial charge in [0, 0.05) is 0 Å². The van der Waals surface area contributed by atoms with E-state index < -0.39 is 6.10 Å². The molecule has 0 aliphatic rings. The van der Waals surface area contributed by atoms with Crippen LogP contribution in [0.25, 0.3) is 0 Å². The van der Waals surface area contributed by atoms with Gasteiger partial charge in [0.2, 0.25) is 0 Å². The first-order chi connectivity index (χ1) is 3.72. The van der Waals surface area contributed by atoms with E-state index in [1.54, 1.807) is 0 Å². The Hall–Kier alpha value is 0.250. The fourth-order valence-corrected chi connectivity index (χ4v) is 0.697. The third-order valence-electron chi connectivity index (χ3n) is 1.20. The molecule has 0 aromatic heterocycles. The van der Waals surface area contributed by atoms with Gasteiger partial charge in [0.25, 0.3) is 0 Å². The second-order valence-corrected chi connectivity index (χ2v) is 2.43. The Morgan fingerprint density at radius 1 is 1.38 bits per heavy atom. The van der Waals surface area contributed by atoms with Gasteiger partial charge < -0.3 is 0 Å². The Kier molecular flexibility index (Phi) is 4.29. The van der Waals surface area contributed by atoms with Gasteiger partial charge in [0.05, 0.1) is 5.38 Å². The first-order valence-corrected chi connectivity index (χ1v) is 3.45. The molecule has 0 saturated heterocycles. The molecule has 2 heteroatoms. The smallest absolute Gasteiger partial charge is 0.109 e. The second-order valence-electron chi connectivity index (χ2n) is 1.87. The highest BCUT2D eigenvalue weighted by molar-refractivity contribution is 6.20. The van der Waals surface area contributed by atoms with Crippen LogP contribution >= 0.6 is 11.6 Å². The first kappa shape index (κ1) is 8.25. The van der Waals surface area contributed by atoms with E-state index in [0.717, 1.165) is 6.42 Å². The molecule has 1 nitrogen and oxygen atoms in total. The van der Waals surface area contributed by atoms with E-state index in [-0.39, 0.29) is 5.38 Å². The Morgan fingerprint density at radius 3 is 2.00 bits per heavy atom. The summed E-state index contributed by atoms with van der Waals surface area (Å²) < 4.78 is 0. The highest BCUT2D eigenvalue weighted by atomic mass is 35.5. The van der Waals surface area contributed by atoms with Crippen LogP contribution in [-0.2, 0) is 5.11 Å². The zero-order valence-corrected chi connectivity index (χ0v) is 6.11. The van der Waals surface area contributed by atoms with Crippen LogP contribution in [0.2, 0.25) is 0 Å². The minimum absolute atomic E-state index is 0.167. The van der Waals surface area contributed by atoms with Gasteiger partial charge in [-0.2, -0.15) is 0 Å². The standard InChI is InChI=1S/C6H12ClO/c1-3-5(7)6(8)4-2/h5-6H,3-4H2,1-2H3. The lowest BCUT2D eigenvalue weighted by molar-refractivity contribution is 0.0806. The summed E-state index contributed by atoms with van der Waals surface area (Å²) in [6.45, 7) is 3.79. The third kappa shape index (κ3) is 2.53. The van der Waals surface area contributed by atoms with Gasteiger partial charge in [-0.25, -0.2) is 5.11 Å². The summed E-state index contributed by atoms with van der Waals surface area (Å²) in [5, 5.41) is 10.5. The van der Waals surface area contributed by atoms with Crippen molar-refractivity contribution in [1.29, 1.82) is 0 Å². The fraction of sp³-hybridized carbons (Fsp3) is 1.00.